The van der Waals surface area contributed by atoms with Gasteiger partial charge in [0.15, 0.2) is 11.4 Å². The molecule has 3 aliphatic heterocycles. The second-order valence-corrected chi connectivity index (χ2v) is 10.1. The maximum atomic E-state index is 14.2. The molecule has 0 bridgehead atoms. The lowest BCUT2D eigenvalue weighted by Crippen LogP contribution is -2.69. The Morgan fingerprint density at radius 2 is 1.81 bits per heavy atom. The molecule has 0 unspecified atom stereocenters. The van der Waals surface area contributed by atoms with Crippen molar-refractivity contribution in [1.82, 2.24) is 29.6 Å². The average molecular weight is 520 g/mol. The van der Waals surface area contributed by atoms with Crippen molar-refractivity contribution in [1.29, 1.82) is 0 Å². The van der Waals surface area contributed by atoms with Crippen LogP contribution in [0.15, 0.2) is 30.6 Å². The Kier molecular flexibility index (Phi) is 5.69. The highest BCUT2D eigenvalue weighted by Crippen LogP contribution is 2.44. The first-order chi connectivity index (χ1) is 17.3. The van der Waals surface area contributed by atoms with Gasteiger partial charge in [-0.2, -0.15) is 13.2 Å². The summed E-state index contributed by atoms with van der Waals surface area (Å²) >= 11 is 6.28. The summed E-state index contributed by atoms with van der Waals surface area (Å²) in [5.74, 6) is 2.26. The highest BCUT2D eigenvalue weighted by molar-refractivity contribution is 6.30. The summed E-state index contributed by atoms with van der Waals surface area (Å²) in [4.78, 5) is 12.5. The lowest BCUT2D eigenvalue weighted by atomic mass is 9.93. The summed E-state index contributed by atoms with van der Waals surface area (Å²) in [7, 11) is 0. The molecule has 0 aliphatic carbocycles. The van der Waals surface area contributed by atoms with Crippen LogP contribution in [0, 0.1) is 6.92 Å². The maximum absolute atomic E-state index is 14.2. The van der Waals surface area contributed by atoms with Gasteiger partial charge in [-0.05, 0) is 43.5 Å². The van der Waals surface area contributed by atoms with Gasteiger partial charge in [-0.25, -0.2) is 4.98 Å². The van der Waals surface area contributed by atoms with E-state index in [1.54, 1.807) is 24.5 Å². The Labute approximate surface area is 211 Å². The van der Waals surface area contributed by atoms with Crippen molar-refractivity contribution < 1.29 is 17.9 Å². The molecule has 2 aromatic heterocycles. The standard InChI is InChI=1S/C24H25ClF3N7O/c1-15-21(30-7-6-29-15)33-8-4-16(5-9-33)22-32-31-20-12-34(23(13-36-14-23)24(26,27)28)11-17-10-18(25)2-3-19(17)35(20)22/h2-3,6-7,10,16H,4-5,8-9,11-14H2,1H3. The van der Waals surface area contributed by atoms with E-state index in [2.05, 4.69) is 25.1 Å². The van der Waals surface area contributed by atoms with Crippen LogP contribution in [-0.4, -0.2) is 67.7 Å². The van der Waals surface area contributed by atoms with Crippen LogP contribution in [0.4, 0.5) is 19.0 Å². The molecule has 0 spiro atoms. The van der Waals surface area contributed by atoms with E-state index in [1.807, 2.05) is 17.6 Å². The van der Waals surface area contributed by atoms with E-state index in [-0.39, 0.29) is 19.0 Å². The molecule has 2 saturated heterocycles. The van der Waals surface area contributed by atoms with Gasteiger partial charge in [0.05, 0.1) is 31.1 Å². The summed E-state index contributed by atoms with van der Waals surface area (Å²) in [6, 6.07) is 5.36. The molecule has 12 heteroatoms. The van der Waals surface area contributed by atoms with E-state index < -0.39 is 24.9 Å². The second-order valence-electron chi connectivity index (χ2n) is 9.69. The molecular weight excluding hydrogens is 495 g/mol. The van der Waals surface area contributed by atoms with Gasteiger partial charge in [-0.3, -0.25) is 14.5 Å². The predicted molar refractivity (Wildman–Crippen MR) is 126 cm³/mol. The summed E-state index contributed by atoms with van der Waals surface area (Å²) in [6.07, 6.45) is 0.583. The highest BCUT2D eigenvalue weighted by Gasteiger charge is 2.63. The zero-order chi connectivity index (χ0) is 25.1. The third kappa shape index (κ3) is 3.75. The number of hydrogen-bond acceptors (Lipinski definition) is 7. The lowest BCUT2D eigenvalue weighted by Gasteiger charge is -2.49. The van der Waals surface area contributed by atoms with Crippen molar-refractivity contribution in [2.24, 2.45) is 0 Å². The molecule has 36 heavy (non-hydrogen) atoms. The van der Waals surface area contributed by atoms with E-state index in [4.69, 9.17) is 16.3 Å². The number of hydrogen-bond donors (Lipinski definition) is 0. The number of aromatic nitrogens is 5. The Balaban J connectivity index is 1.34. The quantitative estimate of drug-likeness (QED) is 0.517. The fourth-order valence-electron chi connectivity index (χ4n) is 5.47. The molecule has 0 radical (unpaired) electrons. The molecule has 190 valence electrons. The summed E-state index contributed by atoms with van der Waals surface area (Å²) < 4.78 is 49.6. The second kappa shape index (κ2) is 8.67. The number of alkyl halides is 3. The van der Waals surface area contributed by atoms with E-state index >= 15 is 0 Å². The number of anilines is 1. The average Bonchev–Trinajstić information content (AvgIpc) is 3.14. The van der Waals surface area contributed by atoms with Gasteiger partial charge < -0.3 is 9.64 Å². The van der Waals surface area contributed by atoms with E-state index in [9.17, 15) is 13.2 Å². The number of rotatable bonds is 3. The summed E-state index contributed by atoms with van der Waals surface area (Å²) in [5.41, 5.74) is 0.331. The molecule has 3 aromatic rings. The zero-order valence-electron chi connectivity index (χ0n) is 19.7. The van der Waals surface area contributed by atoms with Crippen LogP contribution in [0.25, 0.3) is 5.69 Å². The number of fused-ring (bicyclic) bond motifs is 3. The molecule has 6 rings (SSSR count). The van der Waals surface area contributed by atoms with E-state index in [0.717, 1.165) is 49.0 Å². The number of nitrogens with zero attached hydrogens (tertiary/aromatic N) is 7. The Morgan fingerprint density at radius 3 is 2.47 bits per heavy atom. The SMILES string of the molecule is Cc1nccnc1N1CCC(c2nnc3n2-c2ccc(Cl)cc2CN(C2(C(F)(F)F)COC2)C3)CC1. The van der Waals surface area contributed by atoms with Crippen LogP contribution in [0.3, 0.4) is 0 Å². The van der Waals surface area contributed by atoms with Crippen LogP contribution in [0.1, 0.15) is 41.7 Å². The molecule has 5 heterocycles. The molecule has 1 aromatic carbocycles. The summed E-state index contributed by atoms with van der Waals surface area (Å²) in [5, 5.41) is 9.40. The monoisotopic (exact) mass is 519 g/mol. The van der Waals surface area contributed by atoms with E-state index in [0.29, 0.717) is 16.4 Å². The minimum atomic E-state index is -4.44. The minimum absolute atomic E-state index is 0.0137. The van der Waals surface area contributed by atoms with Gasteiger partial charge in [0, 0.05) is 43.0 Å². The zero-order valence-corrected chi connectivity index (χ0v) is 20.4. The molecule has 0 N–H and O–H groups in total. The first kappa shape index (κ1) is 23.6. The minimum Gasteiger partial charge on any atom is -0.377 e. The van der Waals surface area contributed by atoms with Gasteiger partial charge >= 0.3 is 6.18 Å². The van der Waals surface area contributed by atoms with Gasteiger partial charge in [-0.1, -0.05) is 11.6 Å². The largest absolute Gasteiger partial charge is 0.411 e. The molecule has 0 saturated carbocycles. The van der Waals surface area contributed by atoms with Crippen LogP contribution in [0.5, 0.6) is 0 Å². The number of piperidine rings is 1. The molecule has 2 fully saturated rings. The Hall–Kier alpha value is -2.76. The molecule has 0 amide bonds. The summed E-state index contributed by atoms with van der Waals surface area (Å²) in [6.45, 7) is 2.82. The van der Waals surface area contributed by atoms with Crippen molar-refractivity contribution in [3.63, 3.8) is 0 Å². The smallest absolute Gasteiger partial charge is 0.377 e. The number of halogens is 4. The predicted octanol–water partition coefficient (Wildman–Crippen LogP) is 4.05. The van der Waals surface area contributed by atoms with E-state index in [1.165, 1.54) is 4.90 Å². The lowest BCUT2D eigenvalue weighted by molar-refractivity contribution is -0.310. The number of benzene rings is 1. The molecule has 8 nitrogen and oxygen atoms in total. The topological polar surface area (TPSA) is 72.2 Å². The van der Waals surface area contributed by atoms with Gasteiger partial charge in [-0.15, -0.1) is 10.2 Å². The van der Waals surface area contributed by atoms with Crippen LogP contribution >= 0.6 is 11.6 Å². The van der Waals surface area contributed by atoms with Crippen LogP contribution in [-0.2, 0) is 17.8 Å². The first-order valence-corrected chi connectivity index (χ1v) is 12.3. The number of ether oxygens (including phenoxy) is 1. The Morgan fingerprint density at radius 1 is 1.06 bits per heavy atom. The third-order valence-electron chi connectivity index (χ3n) is 7.56. The number of aryl methyl sites for hydroxylation is 1. The maximum Gasteiger partial charge on any atom is 0.411 e. The van der Waals surface area contributed by atoms with Crippen molar-refractivity contribution in [3.8, 4) is 5.69 Å². The van der Waals surface area contributed by atoms with Gasteiger partial charge in [0.2, 0.25) is 0 Å². The van der Waals surface area contributed by atoms with Crippen molar-refractivity contribution in [2.75, 3.05) is 31.2 Å². The highest BCUT2D eigenvalue weighted by atomic mass is 35.5. The molecule has 0 atom stereocenters. The fraction of sp³-hybridized carbons (Fsp3) is 0.500. The molecule has 3 aliphatic rings. The molecular formula is C24H25ClF3N7O. The van der Waals surface area contributed by atoms with Crippen molar-refractivity contribution >= 4 is 17.4 Å². The van der Waals surface area contributed by atoms with Gasteiger partial charge in [0.25, 0.3) is 0 Å². The van der Waals surface area contributed by atoms with Crippen LogP contribution in [0.2, 0.25) is 5.02 Å². The fourth-order valence-corrected chi connectivity index (χ4v) is 5.67. The van der Waals surface area contributed by atoms with Gasteiger partial charge in [0.1, 0.15) is 11.6 Å². The normalized spacial score (nSPS) is 20.4. The first-order valence-electron chi connectivity index (χ1n) is 11.9. The van der Waals surface area contributed by atoms with Crippen molar-refractivity contribution in [3.05, 3.63) is 58.5 Å². The van der Waals surface area contributed by atoms with Crippen LogP contribution < -0.4 is 4.90 Å². The third-order valence-corrected chi connectivity index (χ3v) is 7.80. The Bertz CT molecular complexity index is 1280. The van der Waals surface area contributed by atoms with Crippen molar-refractivity contribution in [2.45, 2.75) is 50.5 Å².